The molecule has 0 atom stereocenters. The quantitative estimate of drug-likeness (QED) is 0.00650. The van der Waals surface area contributed by atoms with E-state index in [1.165, 1.54) is 25.5 Å². The van der Waals surface area contributed by atoms with Crippen LogP contribution in [-0.4, -0.2) is 135 Å². The molecule has 0 aliphatic carbocycles. The number of rotatable bonds is 49. The molecule has 0 N–H and O–H groups in total. The summed E-state index contributed by atoms with van der Waals surface area (Å²) in [5, 5.41) is 36.1. The van der Waals surface area contributed by atoms with Gasteiger partial charge in [-0.15, -0.1) is 0 Å². The second kappa shape index (κ2) is 61.4. The van der Waals surface area contributed by atoms with Crippen molar-refractivity contribution < 1.29 is 95.2 Å². The Morgan fingerprint density at radius 3 is 0.960 bits per heavy atom. The van der Waals surface area contributed by atoms with Crippen LogP contribution in [0.1, 0.15) is 221 Å². The van der Waals surface area contributed by atoms with Gasteiger partial charge in [-0.1, -0.05) is 101 Å². The van der Waals surface area contributed by atoms with Crippen molar-refractivity contribution in [3.05, 3.63) is 406 Å². The van der Waals surface area contributed by atoms with Crippen molar-refractivity contribution in [1.82, 2.24) is 0 Å². The molecule has 28 nitrogen and oxygen atoms in total. The van der Waals surface area contributed by atoms with Crippen LogP contribution in [0.2, 0.25) is 5.02 Å². The molecule has 149 heavy (non-hydrogen) atoms. The summed E-state index contributed by atoms with van der Waals surface area (Å²) in [5.74, 6) is 0.440. The molecule has 0 saturated carbocycles. The molecule has 0 amide bonds. The molecule has 0 heterocycles. The molecule has 12 aromatic rings. The monoisotopic (exact) mass is 2020 g/mol. The third-order valence-electron chi connectivity index (χ3n) is 22.2. The van der Waals surface area contributed by atoms with Gasteiger partial charge in [0.05, 0.1) is 126 Å². The van der Waals surface area contributed by atoms with E-state index in [-0.39, 0.29) is 5.75 Å². The van der Waals surface area contributed by atoms with Gasteiger partial charge in [-0.2, -0.15) is 35.9 Å². The van der Waals surface area contributed by atoms with Crippen molar-refractivity contribution in [2.45, 2.75) is 126 Å². The van der Waals surface area contributed by atoms with Crippen molar-refractivity contribution in [1.29, 1.82) is 5.26 Å². The Balaban J connectivity index is 0.000000229. The first-order valence-electron chi connectivity index (χ1n) is 48.4. The molecule has 0 aromatic heterocycles. The molecule has 0 bridgehead atoms. The van der Waals surface area contributed by atoms with E-state index in [0.29, 0.717) is 193 Å². The lowest BCUT2D eigenvalue weighted by Crippen LogP contribution is -2.10. The van der Waals surface area contributed by atoms with Crippen LogP contribution in [0, 0.1) is 11.3 Å². The maximum atomic E-state index is 12.9. The van der Waals surface area contributed by atoms with Crippen LogP contribution in [0.3, 0.4) is 0 Å². The van der Waals surface area contributed by atoms with Gasteiger partial charge in [-0.3, -0.25) is 4.99 Å². The Hall–Kier alpha value is -17.7. The fourth-order valence-electron chi connectivity index (χ4n) is 13.6. The fraction of sp³-hybridized carbons (Fsp3) is 0.217. The Labute approximate surface area is 872 Å². The number of aryl methyl sites for hydroxylation is 1. The standard InChI is InChI=1S/C42H44N2O7.C39H37ClN2O7.C39H36N4O6/c1-5-7-8-11-32-12-14-35(15-13-32)41(46)50-38-24-16-33(17-25-38)30(3)43-44-31(4)34-18-26-39(27-19-34)51-42(47)36-20-22-37(23-21-36)48-28-9-10-29-49-40(45)6-2;1-4-35(27-11-21-33(22-12-27)48-38(44)29-9-17-31(40)18-10-29)41-42-36(5-2)28-13-23-34(24-14-28)49-39(45)30-15-19-32(20-16-30)46-25-7-8-26-47-37(43)6-3;1-5-38(44)48-23-7-6-22-47-35-19-14-32(15-20-35)39(45)49-36-21-16-33(24-37(36)46-4)28(3)43-42-27(2)31-12-17-34(18-13-31)41-26-30-10-8-29(25-40)9-11-30/h6,12-27H,2,5,7-11,28-29H2,1,3-4H3;6,9-24H,3-5,7-8,25-26H2,1-2H3;5,8-21,24,26H,1,6-7,22-23H2,2-4H3/b43-30+,44-31+;41-35+,42-36+;41-26?,42-27+,43-28+. The average molecular weight is 2030 g/mol. The number of unbranched alkanes of at least 4 members (excludes halogenated alkanes) is 5. The molecule has 0 fully saturated rings. The molecule has 0 aliphatic rings. The first-order chi connectivity index (χ1) is 72.3. The summed E-state index contributed by atoms with van der Waals surface area (Å²) in [7, 11) is 1.50. The van der Waals surface area contributed by atoms with Gasteiger partial charge in [0, 0.05) is 35.0 Å². The lowest BCUT2D eigenvalue weighted by atomic mass is 10.1. The molecule has 0 unspecified atom stereocenters. The predicted molar refractivity (Wildman–Crippen MR) is 579 cm³/mol. The van der Waals surface area contributed by atoms with Crippen LogP contribution in [0.5, 0.6) is 51.7 Å². The van der Waals surface area contributed by atoms with E-state index < -0.39 is 47.8 Å². The summed E-state index contributed by atoms with van der Waals surface area (Å²) in [6, 6.07) is 84.7. The smallest absolute Gasteiger partial charge is 0.343 e. The Morgan fingerprint density at radius 1 is 0.322 bits per heavy atom. The van der Waals surface area contributed by atoms with Crippen LogP contribution in [0.25, 0.3) is 0 Å². The second-order valence-corrected chi connectivity index (χ2v) is 33.4. The molecule has 0 spiro atoms. The molecule has 12 aromatic carbocycles. The van der Waals surface area contributed by atoms with Crippen molar-refractivity contribution in [2.75, 3.05) is 46.8 Å². The Kier molecular flexibility index (Phi) is 46.7. The molecule has 0 aliphatic heterocycles. The summed E-state index contributed by atoms with van der Waals surface area (Å²) in [5.41, 5.74) is 14.9. The minimum Gasteiger partial charge on any atom is -0.494 e. The highest BCUT2D eigenvalue weighted by atomic mass is 35.5. The number of hydrogen-bond donors (Lipinski definition) is 0. The van der Waals surface area contributed by atoms with Crippen molar-refractivity contribution in [3.8, 4) is 57.8 Å². The third-order valence-corrected chi connectivity index (χ3v) is 22.4. The van der Waals surface area contributed by atoms with Crippen LogP contribution >= 0.6 is 11.6 Å². The highest BCUT2D eigenvalue weighted by Crippen LogP contribution is 2.32. The number of benzene rings is 12. The van der Waals surface area contributed by atoms with Gasteiger partial charge >= 0.3 is 47.8 Å². The minimum atomic E-state index is -0.543. The number of carbonyl (C=O) groups is 8. The van der Waals surface area contributed by atoms with Gasteiger partial charge < -0.3 is 56.8 Å². The maximum absolute atomic E-state index is 12.9. The Bertz CT molecular complexity index is 6780. The SMILES string of the molecule is C=CC(=O)OCCCCOc1ccc(C(=O)Oc2ccc(/C(C)=N/N=C(\C)c3ccc(N=Cc4ccc(C#N)cc4)cc3)cc2OC)cc1.C=CC(=O)OCCCCOc1ccc(C(=O)Oc2ccc(/C(C)=N/N=C(\C)c3ccc(OC(=O)c4ccc(CCCCC)cc4)cc3)cc2)cc1.C=CC(=O)OCCCCOc1ccc(C(=O)Oc2ccc(/C(CC)=N/N=C(\CC)c3ccc(OC(=O)c4ccc(Cl)cc4)cc3)cc2)cc1. The van der Waals surface area contributed by atoms with Crippen LogP contribution in [0.15, 0.2) is 359 Å². The van der Waals surface area contributed by atoms with Gasteiger partial charge in [0.25, 0.3) is 0 Å². The number of halogens is 1. The van der Waals surface area contributed by atoms with E-state index >= 15 is 0 Å². The number of methoxy groups -OCH3 is 1. The normalized spacial score (nSPS) is 11.4. The lowest BCUT2D eigenvalue weighted by Gasteiger charge is -2.11. The largest absolute Gasteiger partial charge is 0.494 e. The van der Waals surface area contributed by atoms with E-state index in [9.17, 15) is 38.4 Å². The Morgan fingerprint density at radius 2 is 0.624 bits per heavy atom. The minimum absolute atomic E-state index is 0.267. The zero-order chi connectivity index (χ0) is 106. The number of aliphatic imine (C=N–C) groups is 1. The number of hydrogen-bond acceptors (Lipinski definition) is 28. The van der Waals surface area contributed by atoms with E-state index in [0.717, 1.165) is 92.8 Å². The molecule has 0 saturated heterocycles. The predicted octanol–water partition coefficient (Wildman–Crippen LogP) is 25.3. The lowest BCUT2D eigenvalue weighted by molar-refractivity contribution is -0.138. The molecular formula is C120H117ClN8O20. The van der Waals surface area contributed by atoms with Crippen molar-refractivity contribution in [3.63, 3.8) is 0 Å². The summed E-state index contributed by atoms with van der Waals surface area (Å²) < 4.78 is 65.1. The molecule has 0 radical (unpaired) electrons. The topological polar surface area (TPSA) is 358 Å². The number of esters is 8. The van der Waals surface area contributed by atoms with Gasteiger partial charge in [0.1, 0.15) is 40.2 Å². The highest BCUT2D eigenvalue weighted by molar-refractivity contribution is 6.30. The summed E-state index contributed by atoms with van der Waals surface area (Å²) >= 11 is 5.90. The van der Waals surface area contributed by atoms with E-state index in [4.69, 9.17) is 73.7 Å². The zero-order valence-corrected chi connectivity index (χ0v) is 85.2. The number of carbonyl (C=O) groups excluding carboxylic acids is 8. The summed E-state index contributed by atoms with van der Waals surface area (Å²) in [6.45, 7) is 25.9. The van der Waals surface area contributed by atoms with E-state index in [2.05, 4.69) is 68.3 Å². The summed E-state index contributed by atoms with van der Waals surface area (Å²) in [4.78, 5) is 101. The maximum Gasteiger partial charge on any atom is 0.343 e. The first-order valence-corrected chi connectivity index (χ1v) is 48.8. The van der Waals surface area contributed by atoms with Crippen molar-refractivity contribution >= 4 is 106 Å². The van der Waals surface area contributed by atoms with Crippen molar-refractivity contribution in [2.24, 2.45) is 35.6 Å². The van der Waals surface area contributed by atoms with E-state index in [1.54, 1.807) is 182 Å². The van der Waals surface area contributed by atoms with Crippen LogP contribution in [0.4, 0.5) is 5.69 Å². The van der Waals surface area contributed by atoms with Crippen LogP contribution < -0.4 is 42.6 Å². The first kappa shape index (κ1) is 113. The van der Waals surface area contributed by atoms with Gasteiger partial charge in [0.2, 0.25) is 0 Å². The van der Waals surface area contributed by atoms with E-state index in [1.807, 2.05) is 151 Å². The fourth-order valence-corrected chi connectivity index (χ4v) is 13.7. The number of ether oxygens (including phenoxy) is 12. The highest BCUT2D eigenvalue weighted by Gasteiger charge is 2.20. The second-order valence-electron chi connectivity index (χ2n) is 33.0. The number of nitrogens with zero attached hydrogens (tertiary/aromatic N) is 8. The van der Waals surface area contributed by atoms with Gasteiger partial charge in [0.15, 0.2) is 11.5 Å². The molecule has 12 rings (SSSR count). The van der Waals surface area contributed by atoms with Gasteiger partial charge in [-0.25, -0.2) is 38.4 Å². The molecule has 29 heteroatoms. The summed E-state index contributed by atoms with van der Waals surface area (Å²) in [6.07, 6.45) is 15.1. The van der Waals surface area contributed by atoms with Gasteiger partial charge in [-0.05, 0) is 380 Å². The van der Waals surface area contributed by atoms with Crippen LogP contribution in [-0.2, 0) is 35.0 Å². The molecule has 764 valence electrons. The zero-order valence-electron chi connectivity index (χ0n) is 84.4. The molecular weight excluding hydrogens is 1910 g/mol. The number of nitriles is 1. The average Bonchev–Trinajstić information content (AvgIpc) is 0.827. The third kappa shape index (κ3) is 38.7.